The molecular formula is C10H20LiN. The summed E-state index contributed by atoms with van der Waals surface area (Å²) < 4.78 is 0. The minimum absolute atomic E-state index is 0. The van der Waals surface area contributed by atoms with Crippen LogP contribution in [0.3, 0.4) is 0 Å². The van der Waals surface area contributed by atoms with Gasteiger partial charge in [0, 0.05) is 0 Å². The van der Waals surface area contributed by atoms with Gasteiger partial charge in [-0.3, -0.25) is 0 Å². The van der Waals surface area contributed by atoms with Crippen LogP contribution in [0.15, 0.2) is 12.2 Å². The molecule has 0 saturated carbocycles. The van der Waals surface area contributed by atoms with Gasteiger partial charge < -0.3 is 4.90 Å². The molecule has 12 heavy (non-hydrogen) atoms. The Hall–Kier alpha value is 0.167. The zero-order valence-electron chi connectivity index (χ0n) is 8.84. The molecule has 0 atom stereocenters. The molecule has 0 fully saturated rings. The van der Waals surface area contributed by atoms with Gasteiger partial charge >= 0.3 is 18.9 Å². The minimum atomic E-state index is 0. The third kappa shape index (κ3) is 8.27. The zero-order chi connectivity index (χ0) is 8.53. The molecule has 0 bridgehead atoms. The zero-order valence-corrected chi connectivity index (χ0v) is 8.84. The van der Waals surface area contributed by atoms with Crippen molar-refractivity contribution in [2.45, 2.75) is 26.7 Å². The fourth-order valence-corrected chi connectivity index (χ4v) is 1.15. The Morgan fingerprint density at radius 2 is 1.67 bits per heavy atom. The van der Waals surface area contributed by atoms with Gasteiger partial charge in [-0.05, 0) is 32.5 Å². The summed E-state index contributed by atoms with van der Waals surface area (Å²) in [7, 11) is 0. The van der Waals surface area contributed by atoms with Crippen LogP contribution in [0.5, 0.6) is 0 Å². The Morgan fingerprint density at radius 1 is 1.17 bits per heavy atom. The molecule has 2 heteroatoms. The predicted octanol–water partition coefficient (Wildman–Crippen LogP) is -0.497. The van der Waals surface area contributed by atoms with E-state index in [0.717, 1.165) is 6.54 Å². The summed E-state index contributed by atoms with van der Waals surface area (Å²) in [5.74, 6) is 0. The van der Waals surface area contributed by atoms with E-state index in [-0.39, 0.29) is 18.9 Å². The first-order valence-electron chi connectivity index (χ1n) is 4.51. The molecule has 1 nitrogen and oxygen atoms in total. The number of hydrogen-bond acceptors (Lipinski definition) is 1. The van der Waals surface area contributed by atoms with Crippen molar-refractivity contribution in [1.29, 1.82) is 0 Å². The predicted molar refractivity (Wildman–Crippen MR) is 51.5 cm³/mol. The van der Waals surface area contributed by atoms with Crippen molar-refractivity contribution in [2.75, 3.05) is 19.6 Å². The van der Waals surface area contributed by atoms with Crippen molar-refractivity contribution < 1.29 is 18.9 Å². The normalized spacial score (nSPS) is 10.6. The SMILES string of the molecule is [CH2-]C=CCN(CCC)CCC.[Li+]. The molecule has 0 amide bonds. The molecule has 0 N–H and O–H groups in total. The average Bonchev–Trinajstić information content (AvgIpc) is 2.01. The van der Waals surface area contributed by atoms with Crippen LogP contribution in [0.2, 0.25) is 0 Å². The summed E-state index contributed by atoms with van der Waals surface area (Å²) >= 11 is 0. The molecule has 0 aromatic rings. The molecule has 0 aliphatic heterocycles. The summed E-state index contributed by atoms with van der Waals surface area (Å²) in [6, 6.07) is 0. The van der Waals surface area contributed by atoms with Crippen LogP contribution in [-0.2, 0) is 0 Å². The van der Waals surface area contributed by atoms with E-state index < -0.39 is 0 Å². The summed E-state index contributed by atoms with van der Waals surface area (Å²) in [6.45, 7) is 11.6. The van der Waals surface area contributed by atoms with E-state index in [1.807, 2.05) is 6.08 Å². The molecule has 0 aromatic heterocycles. The summed E-state index contributed by atoms with van der Waals surface area (Å²) in [6.07, 6.45) is 6.47. The van der Waals surface area contributed by atoms with E-state index in [0.29, 0.717) is 0 Å². The second-order valence-electron chi connectivity index (χ2n) is 2.77. The maximum atomic E-state index is 3.67. The van der Waals surface area contributed by atoms with Gasteiger partial charge in [-0.2, -0.15) is 0 Å². The van der Waals surface area contributed by atoms with Crippen LogP contribution in [0.1, 0.15) is 26.7 Å². The van der Waals surface area contributed by atoms with Crippen LogP contribution in [0, 0.1) is 6.92 Å². The Morgan fingerprint density at radius 3 is 2.00 bits per heavy atom. The van der Waals surface area contributed by atoms with Crippen LogP contribution in [0.4, 0.5) is 0 Å². The maximum Gasteiger partial charge on any atom is 1.00 e. The molecule has 0 unspecified atom stereocenters. The van der Waals surface area contributed by atoms with Gasteiger partial charge in [-0.1, -0.05) is 13.8 Å². The monoisotopic (exact) mass is 161 g/mol. The molecule has 0 heterocycles. The standard InChI is InChI=1S/C10H20N.Li/c1-4-7-10-11(8-5-2)9-6-3;/h4,7H,1,5-6,8-10H2,2-3H3;/q-1;+1. The summed E-state index contributed by atoms with van der Waals surface area (Å²) in [5, 5.41) is 0. The Kier molecular flexibility index (Phi) is 13.7. The van der Waals surface area contributed by atoms with Crippen LogP contribution < -0.4 is 18.9 Å². The van der Waals surface area contributed by atoms with Gasteiger partial charge in [0.1, 0.15) is 0 Å². The third-order valence-electron chi connectivity index (χ3n) is 1.61. The van der Waals surface area contributed by atoms with Crippen LogP contribution in [0.25, 0.3) is 0 Å². The quantitative estimate of drug-likeness (QED) is 0.375. The van der Waals surface area contributed by atoms with E-state index in [4.69, 9.17) is 0 Å². The maximum absolute atomic E-state index is 3.67. The number of hydrogen-bond donors (Lipinski definition) is 0. The topological polar surface area (TPSA) is 3.24 Å². The van der Waals surface area contributed by atoms with Gasteiger partial charge in [0.15, 0.2) is 0 Å². The van der Waals surface area contributed by atoms with Gasteiger partial charge in [0.25, 0.3) is 0 Å². The molecule has 0 rings (SSSR count). The third-order valence-corrected chi connectivity index (χ3v) is 1.61. The van der Waals surface area contributed by atoms with Gasteiger partial charge in [-0.15, -0.1) is 0 Å². The van der Waals surface area contributed by atoms with Crippen molar-refractivity contribution in [1.82, 2.24) is 4.90 Å². The number of nitrogens with zero attached hydrogens (tertiary/aromatic N) is 1. The van der Waals surface area contributed by atoms with Crippen molar-refractivity contribution in [3.8, 4) is 0 Å². The second-order valence-corrected chi connectivity index (χ2v) is 2.77. The van der Waals surface area contributed by atoms with Crippen molar-refractivity contribution >= 4 is 0 Å². The molecule has 0 aromatic carbocycles. The Bertz CT molecular complexity index is 96.0. The first kappa shape index (κ1) is 14.7. The van der Waals surface area contributed by atoms with E-state index in [1.54, 1.807) is 0 Å². The fourth-order valence-electron chi connectivity index (χ4n) is 1.15. The first-order valence-corrected chi connectivity index (χ1v) is 4.51. The summed E-state index contributed by atoms with van der Waals surface area (Å²) in [5.41, 5.74) is 0. The Labute approximate surface area is 89.4 Å². The second kappa shape index (κ2) is 11.2. The molecule has 66 valence electrons. The smallest absolute Gasteiger partial charge is 0.316 e. The van der Waals surface area contributed by atoms with Gasteiger partial charge in [-0.25, -0.2) is 19.1 Å². The first-order chi connectivity index (χ1) is 5.35. The molecule has 0 spiro atoms. The summed E-state index contributed by atoms with van der Waals surface area (Å²) in [4.78, 5) is 2.45. The largest absolute Gasteiger partial charge is 1.00 e. The van der Waals surface area contributed by atoms with Crippen molar-refractivity contribution in [3.05, 3.63) is 19.1 Å². The van der Waals surface area contributed by atoms with Gasteiger partial charge in [0.05, 0.1) is 0 Å². The van der Waals surface area contributed by atoms with E-state index in [9.17, 15) is 0 Å². The minimum Gasteiger partial charge on any atom is -0.316 e. The average molecular weight is 161 g/mol. The van der Waals surface area contributed by atoms with E-state index >= 15 is 0 Å². The van der Waals surface area contributed by atoms with E-state index in [2.05, 4.69) is 31.7 Å². The molecule has 0 radical (unpaired) electrons. The molecular weight excluding hydrogens is 141 g/mol. The van der Waals surface area contributed by atoms with Crippen LogP contribution in [-0.4, -0.2) is 24.5 Å². The Balaban J connectivity index is 0. The molecule has 0 aliphatic carbocycles. The van der Waals surface area contributed by atoms with Crippen LogP contribution >= 0.6 is 0 Å². The van der Waals surface area contributed by atoms with E-state index in [1.165, 1.54) is 25.9 Å². The molecule has 0 saturated heterocycles. The van der Waals surface area contributed by atoms with Crippen molar-refractivity contribution in [2.24, 2.45) is 0 Å². The number of allylic oxidation sites excluding steroid dienone is 1. The van der Waals surface area contributed by atoms with Crippen molar-refractivity contribution in [3.63, 3.8) is 0 Å². The number of rotatable bonds is 6. The van der Waals surface area contributed by atoms with Gasteiger partial charge in [0.2, 0.25) is 0 Å². The fraction of sp³-hybridized carbons (Fsp3) is 0.700. The molecule has 0 aliphatic rings.